The molecule has 0 spiro atoms. The van der Waals surface area contributed by atoms with Gasteiger partial charge in [0.25, 0.3) is 0 Å². The molecule has 0 saturated carbocycles. The third-order valence-corrected chi connectivity index (χ3v) is 5.42. The van der Waals surface area contributed by atoms with E-state index in [2.05, 4.69) is 5.32 Å². The zero-order chi connectivity index (χ0) is 22.7. The van der Waals surface area contributed by atoms with E-state index in [0.29, 0.717) is 5.75 Å². The van der Waals surface area contributed by atoms with Gasteiger partial charge in [-0.15, -0.1) is 0 Å². The molecule has 0 heterocycles. The second kappa shape index (κ2) is 8.82. The monoisotopic (exact) mass is 446 g/mol. The van der Waals surface area contributed by atoms with Crippen molar-refractivity contribution in [3.05, 3.63) is 48.0 Å². The number of carbonyl (C=O) groups excluding carboxylic acids is 1. The van der Waals surface area contributed by atoms with Crippen LogP contribution >= 0.6 is 0 Å². The molecule has 11 heteroatoms. The number of benzene rings is 2. The summed E-state index contributed by atoms with van der Waals surface area (Å²) in [5, 5.41) is 2.42. The Morgan fingerprint density at radius 1 is 1.07 bits per heavy atom. The Morgan fingerprint density at radius 3 is 2.13 bits per heavy atom. The number of anilines is 2. The molecule has 164 valence electrons. The van der Waals surface area contributed by atoms with Crippen molar-refractivity contribution in [3.63, 3.8) is 0 Å². The smallest absolute Gasteiger partial charge is 0.416 e. The molecule has 0 saturated heterocycles. The molecule has 0 radical (unpaired) electrons. The van der Waals surface area contributed by atoms with Gasteiger partial charge in [-0.25, -0.2) is 8.42 Å². The first-order chi connectivity index (χ1) is 13.9. The third kappa shape index (κ3) is 5.35. The lowest BCUT2D eigenvalue weighted by atomic mass is 10.2. The Bertz CT molecular complexity index is 1010. The Labute approximate surface area is 172 Å². The molecular formula is C19H21F3N2O5S. The summed E-state index contributed by atoms with van der Waals surface area (Å²) in [7, 11) is -1.20. The number of ether oxygens (including phenoxy) is 2. The van der Waals surface area contributed by atoms with E-state index in [9.17, 15) is 26.4 Å². The number of amides is 1. The molecular weight excluding hydrogens is 425 g/mol. The van der Waals surface area contributed by atoms with Crippen LogP contribution in [0, 0.1) is 0 Å². The predicted molar refractivity (Wildman–Crippen MR) is 106 cm³/mol. The molecule has 7 nitrogen and oxygen atoms in total. The summed E-state index contributed by atoms with van der Waals surface area (Å²) in [6.45, 7) is 1.35. The number of alkyl halides is 3. The summed E-state index contributed by atoms with van der Waals surface area (Å²) in [5.74, 6) is -0.213. The number of hydrogen-bond acceptors (Lipinski definition) is 5. The van der Waals surface area contributed by atoms with Gasteiger partial charge in [-0.2, -0.15) is 13.2 Å². The van der Waals surface area contributed by atoms with Gasteiger partial charge in [0.1, 0.15) is 17.5 Å². The van der Waals surface area contributed by atoms with Gasteiger partial charge >= 0.3 is 6.18 Å². The molecule has 1 unspecified atom stereocenters. The van der Waals surface area contributed by atoms with Crippen LogP contribution in [0.5, 0.6) is 11.5 Å². The predicted octanol–water partition coefficient (Wildman–Crippen LogP) is 3.52. The number of methoxy groups -OCH3 is 2. The highest BCUT2D eigenvalue weighted by atomic mass is 32.2. The van der Waals surface area contributed by atoms with Gasteiger partial charge in [-0.1, -0.05) is 0 Å². The van der Waals surface area contributed by atoms with Crippen molar-refractivity contribution in [2.24, 2.45) is 0 Å². The molecule has 1 atom stereocenters. The molecule has 0 fully saturated rings. The molecule has 1 amide bonds. The summed E-state index contributed by atoms with van der Waals surface area (Å²) >= 11 is 0. The maximum absolute atomic E-state index is 12.7. The molecule has 1 N–H and O–H groups in total. The first-order valence-corrected chi connectivity index (χ1v) is 10.4. The number of nitrogens with zero attached hydrogens (tertiary/aromatic N) is 1. The van der Waals surface area contributed by atoms with Crippen molar-refractivity contribution in [2.75, 3.05) is 30.1 Å². The fraction of sp³-hybridized carbons (Fsp3) is 0.316. The lowest BCUT2D eigenvalue weighted by Gasteiger charge is -2.29. The van der Waals surface area contributed by atoms with E-state index >= 15 is 0 Å². The maximum Gasteiger partial charge on any atom is 0.416 e. The molecule has 0 aromatic heterocycles. The lowest BCUT2D eigenvalue weighted by molar-refractivity contribution is -0.137. The largest absolute Gasteiger partial charge is 0.497 e. The average molecular weight is 446 g/mol. The van der Waals surface area contributed by atoms with Crippen molar-refractivity contribution in [2.45, 2.75) is 19.1 Å². The van der Waals surface area contributed by atoms with Crippen molar-refractivity contribution in [3.8, 4) is 11.5 Å². The van der Waals surface area contributed by atoms with Crippen LogP contribution in [0.1, 0.15) is 12.5 Å². The van der Waals surface area contributed by atoms with Crippen LogP contribution in [-0.2, 0) is 21.0 Å². The van der Waals surface area contributed by atoms with Crippen molar-refractivity contribution in [1.29, 1.82) is 0 Å². The fourth-order valence-electron chi connectivity index (χ4n) is 2.74. The minimum atomic E-state index is -4.51. The SMILES string of the molecule is COc1ccc(OC)c(N(C(C)C(=O)Nc2ccc(C(F)(F)F)cc2)S(C)(=O)=O)c1. The van der Waals surface area contributed by atoms with Gasteiger partial charge in [0.15, 0.2) is 0 Å². The zero-order valence-corrected chi connectivity index (χ0v) is 17.5. The van der Waals surface area contributed by atoms with E-state index in [0.717, 1.165) is 34.8 Å². The number of rotatable bonds is 7. The Kier molecular flexibility index (Phi) is 6.86. The molecule has 2 rings (SSSR count). The highest BCUT2D eigenvalue weighted by Gasteiger charge is 2.32. The van der Waals surface area contributed by atoms with Crippen LogP contribution in [0.2, 0.25) is 0 Å². The average Bonchev–Trinajstić information content (AvgIpc) is 2.66. The fourth-order valence-corrected chi connectivity index (χ4v) is 3.91. The van der Waals surface area contributed by atoms with Gasteiger partial charge in [-0.05, 0) is 43.3 Å². The van der Waals surface area contributed by atoms with E-state index in [1.165, 1.54) is 33.3 Å². The lowest BCUT2D eigenvalue weighted by Crippen LogP contribution is -2.45. The van der Waals surface area contributed by atoms with Crippen LogP contribution in [0.4, 0.5) is 24.5 Å². The van der Waals surface area contributed by atoms with E-state index in [-0.39, 0.29) is 17.1 Å². The molecule has 0 aliphatic rings. The third-order valence-electron chi connectivity index (χ3n) is 4.19. The van der Waals surface area contributed by atoms with Crippen LogP contribution in [0.3, 0.4) is 0 Å². The topological polar surface area (TPSA) is 84.9 Å². The standard InChI is InChI=1S/C19H21F3N2O5S/c1-12(18(25)23-14-7-5-13(6-8-14)19(20,21)22)24(30(4,26)27)16-11-15(28-2)9-10-17(16)29-3/h5-12H,1-4H3,(H,23,25). The zero-order valence-electron chi connectivity index (χ0n) is 16.6. The van der Waals surface area contributed by atoms with E-state index in [4.69, 9.17) is 9.47 Å². The van der Waals surface area contributed by atoms with Crippen LogP contribution in [0.15, 0.2) is 42.5 Å². The number of halogens is 3. The molecule has 0 aliphatic carbocycles. The summed E-state index contributed by atoms with van der Waals surface area (Å²) in [6, 6.07) is 7.03. The highest BCUT2D eigenvalue weighted by Crippen LogP contribution is 2.35. The normalized spacial score (nSPS) is 12.8. The summed E-state index contributed by atoms with van der Waals surface area (Å²) in [4.78, 5) is 12.7. The second-order valence-electron chi connectivity index (χ2n) is 6.34. The second-order valence-corrected chi connectivity index (χ2v) is 8.20. The summed E-state index contributed by atoms with van der Waals surface area (Å²) < 4.78 is 74.2. The van der Waals surface area contributed by atoms with Crippen molar-refractivity contribution < 1.29 is 35.9 Å². The van der Waals surface area contributed by atoms with E-state index in [1.807, 2.05) is 0 Å². The quantitative estimate of drug-likeness (QED) is 0.704. The Morgan fingerprint density at radius 2 is 1.67 bits per heavy atom. The number of nitrogens with one attached hydrogen (secondary N) is 1. The van der Waals surface area contributed by atoms with Crippen molar-refractivity contribution >= 4 is 27.3 Å². The molecule has 30 heavy (non-hydrogen) atoms. The number of sulfonamides is 1. The molecule has 2 aromatic rings. The van der Waals surface area contributed by atoms with Crippen LogP contribution < -0.4 is 19.1 Å². The molecule has 0 aliphatic heterocycles. The maximum atomic E-state index is 12.7. The highest BCUT2D eigenvalue weighted by molar-refractivity contribution is 7.92. The summed E-state index contributed by atoms with van der Waals surface area (Å²) in [5.41, 5.74) is -0.701. The van der Waals surface area contributed by atoms with Crippen molar-refractivity contribution in [1.82, 2.24) is 0 Å². The van der Waals surface area contributed by atoms with E-state index < -0.39 is 33.7 Å². The van der Waals surface area contributed by atoms with Gasteiger partial charge < -0.3 is 14.8 Å². The minimum absolute atomic E-state index is 0.0782. The molecule has 0 bridgehead atoms. The van der Waals surface area contributed by atoms with Gasteiger partial charge in [0, 0.05) is 11.8 Å². The van der Waals surface area contributed by atoms with Gasteiger partial charge in [-0.3, -0.25) is 9.10 Å². The van der Waals surface area contributed by atoms with Gasteiger partial charge in [0.2, 0.25) is 15.9 Å². The van der Waals surface area contributed by atoms with Gasteiger partial charge in [0.05, 0.1) is 31.7 Å². The Balaban J connectivity index is 2.36. The molecule has 2 aromatic carbocycles. The van der Waals surface area contributed by atoms with E-state index in [1.54, 1.807) is 6.07 Å². The number of hydrogen-bond donors (Lipinski definition) is 1. The summed E-state index contributed by atoms with van der Waals surface area (Å²) in [6.07, 6.45) is -3.58. The van der Waals surface area contributed by atoms with Crippen LogP contribution in [-0.4, -0.2) is 40.8 Å². The first-order valence-electron chi connectivity index (χ1n) is 8.58. The minimum Gasteiger partial charge on any atom is -0.497 e. The van der Waals surface area contributed by atoms with Crippen LogP contribution in [0.25, 0.3) is 0 Å². The Hall–Kier alpha value is -2.95. The first kappa shape index (κ1) is 23.3. The number of carbonyl (C=O) groups is 1.